The van der Waals surface area contributed by atoms with Gasteiger partial charge in [0.15, 0.2) is 0 Å². The molecule has 0 atom stereocenters. The molecule has 2 aromatic heterocycles. The van der Waals surface area contributed by atoms with Crippen LogP contribution in [0.5, 0.6) is 5.75 Å². The summed E-state index contributed by atoms with van der Waals surface area (Å²) in [6.45, 7) is 7.91. The van der Waals surface area contributed by atoms with E-state index in [1.165, 1.54) is 36.8 Å². The van der Waals surface area contributed by atoms with Gasteiger partial charge in [0.05, 0.1) is 5.69 Å². The minimum atomic E-state index is 0.155. The van der Waals surface area contributed by atoms with Crippen LogP contribution in [0.2, 0.25) is 0 Å². The molecule has 2 aliphatic heterocycles. The van der Waals surface area contributed by atoms with E-state index < -0.39 is 0 Å². The molecule has 6 rings (SSSR count). The summed E-state index contributed by atoms with van der Waals surface area (Å²) in [5.74, 6) is 1.75. The Kier molecular flexibility index (Phi) is 8.19. The van der Waals surface area contributed by atoms with E-state index in [-0.39, 0.29) is 11.3 Å². The number of rotatable bonds is 5. The molecule has 0 radical (unpaired) electrons. The van der Waals surface area contributed by atoms with Crippen LogP contribution in [0.4, 0.5) is 0 Å². The van der Waals surface area contributed by atoms with Gasteiger partial charge >= 0.3 is 0 Å². The molecule has 40 heavy (non-hydrogen) atoms. The van der Waals surface area contributed by atoms with Crippen LogP contribution < -0.4 is 4.74 Å². The lowest BCUT2D eigenvalue weighted by atomic mass is 9.73. The molecule has 1 aliphatic carbocycles. The van der Waals surface area contributed by atoms with Crippen molar-refractivity contribution < 1.29 is 9.53 Å². The van der Waals surface area contributed by atoms with Crippen molar-refractivity contribution in [3.8, 4) is 5.75 Å². The summed E-state index contributed by atoms with van der Waals surface area (Å²) in [5, 5.41) is 4.76. The number of aryl methyl sites for hydroxylation is 2. The zero-order chi connectivity index (χ0) is 27.4. The van der Waals surface area contributed by atoms with Gasteiger partial charge in [-0.25, -0.2) is 0 Å². The van der Waals surface area contributed by atoms with Gasteiger partial charge in [-0.05, 0) is 92.7 Å². The summed E-state index contributed by atoms with van der Waals surface area (Å²) >= 11 is 0. The lowest BCUT2D eigenvalue weighted by molar-refractivity contribution is 0.0354. The summed E-state index contributed by atoms with van der Waals surface area (Å²) in [5.41, 5.74) is 4.68. The van der Waals surface area contributed by atoms with Gasteiger partial charge in [0.1, 0.15) is 18.1 Å². The van der Waals surface area contributed by atoms with E-state index in [0.717, 1.165) is 82.1 Å². The summed E-state index contributed by atoms with van der Waals surface area (Å²) in [6, 6.07) is 14.8. The first-order chi connectivity index (χ1) is 19.6. The SMILES string of the molecule is CCn1nc(C2CC2)cc1C(=O)N1CCC2(CCCCc3ccccc3OCCN(Cc3ccncc3)C2)CC1. The number of fused-ring (bicyclic) bond motifs is 1. The molecule has 212 valence electrons. The number of carbonyl (C=O) groups excluding carboxylic acids is 1. The average molecular weight is 542 g/mol. The van der Waals surface area contributed by atoms with Gasteiger partial charge in [-0.3, -0.25) is 19.4 Å². The zero-order valence-electron chi connectivity index (χ0n) is 23.9. The average Bonchev–Trinajstić information content (AvgIpc) is 3.74. The molecule has 7 nitrogen and oxygen atoms in total. The topological polar surface area (TPSA) is 63.5 Å². The van der Waals surface area contributed by atoms with Crippen molar-refractivity contribution in [2.75, 3.05) is 32.8 Å². The second-order valence-electron chi connectivity index (χ2n) is 12.1. The third-order valence-corrected chi connectivity index (χ3v) is 9.18. The Morgan fingerprint density at radius 1 is 1.02 bits per heavy atom. The molecule has 7 heteroatoms. The number of benzene rings is 1. The molecule has 1 saturated carbocycles. The molecule has 4 heterocycles. The Balaban J connectivity index is 1.18. The van der Waals surface area contributed by atoms with Gasteiger partial charge in [-0.15, -0.1) is 0 Å². The summed E-state index contributed by atoms with van der Waals surface area (Å²) in [6.07, 6.45) is 12.9. The van der Waals surface area contributed by atoms with Crippen LogP contribution in [0.1, 0.15) is 85.1 Å². The van der Waals surface area contributed by atoms with Crippen LogP contribution in [-0.2, 0) is 19.5 Å². The first kappa shape index (κ1) is 27.0. The molecular weight excluding hydrogens is 498 g/mol. The molecule has 3 aliphatic rings. The highest BCUT2D eigenvalue weighted by Gasteiger charge is 2.38. The fourth-order valence-corrected chi connectivity index (χ4v) is 6.65. The number of ether oxygens (including phenoxy) is 1. The van der Waals surface area contributed by atoms with Crippen molar-refractivity contribution in [2.45, 2.75) is 77.3 Å². The number of aromatic nitrogens is 3. The highest BCUT2D eigenvalue weighted by atomic mass is 16.5. The summed E-state index contributed by atoms with van der Waals surface area (Å²) in [4.78, 5) is 22.6. The van der Waals surface area contributed by atoms with Crippen LogP contribution in [0, 0.1) is 5.41 Å². The normalized spacial score (nSPS) is 20.3. The molecule has 1 amide bonds. The van der Waals surface area contributed by atoms with Crippen molar-refractivity contribution in [3.63, 3.8) is 0 Å². The number of pyridine rings is 1. The first-order valence-corrected chi connectivity index (χ1v) is 15.3. The minimum absolute atomic E-state index is 0.155. The van der Waals surface area contributed by atoms with Crippen molar-refractivity contribution >= 4 is 5.91 Å². The Labute approximate surface area is 238 Å². The standard InChI is InChI=1S/C33H43N5O2/c1-2-38-30(23-29(35-38)27-10-11-27)32(39)37-19-15-33(16-20-37)14-6-5-8-28-7-3-4-9-31(28)40-22-21-36(25-33)24-26-12-17-34-18-13-26/h3-4,7,9,12-13,17-18,23,27H,2,5-6,8,10-11,14-16,19-22,24-25H2,1H3. The van der Waals surface area contributed by atoms with Gasteiger partial charge in [0.25, 0.3) is 5.91 Å². The summed E-state index contributed by atoms with van der Waals surface area (Å²) < 4.78 is 8.25. The Morgan fingerprint density at radius 2 is 1.82 bits per heavy atom. The zero-order valence-corrected chi connectivity index (χ0v) is 23.9. The predicted molar refractivity (Wildman–Crippen MR) is 156 cm³/mol. The molecule has 0 bridgehead atoms. The van der Waals surface area contributed by atoms with Crippen molar-refractivity contribution in [2.24, 2.45) is 5.41 Å². The third-order valence-electron chi connectivity index (χ3n) is 9.18. The number of para-hydroxylation sites is 1. The predicted octanol–water partition coefficient (Wildman–Crippen LogP) is 5.71. The van der Waals surface area contributed by atoms with Gasteiger partial charge < -0.3 is 9.64 Å². The van der Waals surface area contributed by atoms with E-state index in [4.69, 9.17) is 9.84 Å². The number of amides is 1. The number of nitrogens with zero attached hydrogens (tertiary/aromatic N) is 5. The lowest BCUT2D eigenvalue weighted by Crippen LogP contribution is -2.48. The monoisotopic (exact) mass is 541 g/mol. The van der Waals surface area contributed by atoms with Crippen molar-refractivity contribution in [1.82, 2.24) is 24.6 Å². The Morgan fingerprint density at radius 3 is 2.60 bits per heavy atom. The smallest absolute Gasteiger partial charge is 0.272 e. The van der Waals surface area contributed by atoms with Gasteiger partial charge in [-0.2, -0.15) is 5.10 Å². The first-order valence-electron chi connectivity index (χ1n) is 15.3. The number of carbonyl (C=O) groups is 1. The third kappa shape index (κ3) is 6.25. The van der Waals surface area contributed by atoms with Gasteiger partial charge in [-0.1, -0.05) is 24.6 Å². The molecule has 3 aromatic rings. The second-order valence-corrected chi connectivity index (χ2v) is 12.1. The minimum Gasteiger partial charge on any atom is -0.492 e. The maximum atomic E-state index is 13.7. The highest BCUT2D eigenvalue weighted by molar-refractivity contribution is 5.92. The van der Waals surface area contributed by atoms with E-state index in [9.17, 15) is 4.79 Å². The molecule has 1 saturated heterocycles. The Hall–Kier alpha value is -3.19. The van der Waals surface area contributed by atoms with Crippen LogP contribution in [0.25, 0.3) is 0 Å². The van der Waals surface area contributed by atoms with E-state index >= 15 is 0 Å². The molecule has 1 spiro atoms. The number of likely N-dealkylation sites (tertiary alicyclic amines) is 1. The van der Waals surface area contributed by atoms with Gasteiger partial charge in [0.2, 0.25) is 0 Å². The molecule has 2 fully saturated rings. The Bertz CT molecular complexity index is 1280. The molecular formula is C33H43N5O2. The van der Waals surface area contributed by atoms with Crippen LogP contribution in [0.15, 0.2) is 54.9 Å². The molecule has 1 aromatic carbocycles. The van der Waals surface area contributed by atoms with Crippen LogP contribution in [-0.4, -0.2) is 63.3 Å². The van der Waals surface area contributed by atoms with E-state index in [0.29, 0.717) is 12.5 Å². The van der Waals surface area contributed by atoms with Gasteiger partial charge in [0, 0.05) is 57.6 Å². The van der Waals surface area contributed by atoms with Crippen LogP contribution >= 0.6 is 0 Å². The highest BCUT2D eigenvalue weighted by Crippen LogP contribution is 2.41. The largest absolute Gasteiger partial charge is 0.492 e. The number of hydrogen-bond acceptors (Lipinski definition) is 5. The lowest BCUT2D eigenvalue weighted by Gasteiger charge is -2.45. The molecule has 0 unspecified atom stereocenters. The number of hydrogen-bond donors (Lipinski definition) is 0. The fraction of sp³-hybridized carbons (Fsp3) is 0.545. The second kappa shape index (κ2) is 12.1. The molecule has 0 N–H and O–H groups in total. The fourth-order valence-electron chi connectivity index (χ4n) is 6.65. The van der Waals surface area contributed by atoms with Crippen molar-refractivity contribution in [1.29, 1.82) is 0 Å². The maximum absolute atomic E-state index is 13.7. The van der Waals surface area contributed by atoms with E-state index in [2.05, 4.69) is 64.2 Å². The quantitative estimate of drug-likeness (QED) is 0.414. The van der Waals surface area contributed by atoms with Crippen LogP contribution in [0.3, 0.4) is 0 Å². The number of piperidine rings is 1. The summed E-state index contributed by atoms with van der Waals surface area (Å²) in [7, 11) is 0. The van der Waals surface area contributed by atoms with E-state index in [1.807, 2.05) is 17.1 Å². The maximum Gasteiger partial charge on any atom is 0.272 e. The van der Waals surface area contributed by atoms with Crippen molar-refractivity contribution in [3.05, 3.63) is 77.4 Å². The van der Waals surface area contributed by atoms with E-state index in [1.54, 1.807) is 0 Å².